The molecule has 3 rings (SSSR count). The number of rotatable bonds is 1. The van der Waals surface area contributed by atoms with Crippen LogP contribution in [0.25, 0.3) is 10.9 Å². The molecule has 1 aliphatic rings. The minimum Gasteiger partial charge on any atom is -0.392 e. The highest BCUT2D eigenvalue weighted by Crippen LogP contribution is 2.35. The van der Waals surface area contributed by atoms with Crippen molar-refractivity contribution in [3.8, 4) is 0 Å². The number of aliphatic hydroxyl groups is 1. The third kappa shape index (κ3) is 1.93. The lowest BCUT2D eigenvalue weighted by molar-refractivity contribution is 0.107. The molecule has 2 aromatic rings. The molecule has 2 unspecified atom stereocenters. The maximum absolute atomic E-state index is 10.2. The Hall–Kier alpha value is -1.41. The van der Waals surface area contributed by atoms with Gasteiger partial charge in [-0.3, -0.25) is 4.98 Å². The van der Waals surface area contributed by atoms with Gasteiger partial charge in [-0.1, -0.05) is 37.1 Å². The first-order chi connectivity index (χ1) is 8.36. The summed E-state index contributed by atoms with van der Waals surface area (Å²) in [4.78, 5) is 4.48. The zero-order valence-corrected chi connectivity index (χ0v) is 9.84. The molecule has 2 nitrogen and oxygen atoms in total. The molecule has 17 heavy (non-hydrogen) atoms. The van der Waals surface area contributed by atoms with E-state index in [1.54, 1.807) is 0 Å². The summed E-state index contributed by atoms with van der Waals surface area (Å²) in [6.07, 6.45) is 6.00. The lowest BCUT2D eigenvalue weighted by Crippen LogP contribution is -2.22. The molecule has 1 N–H and O–H groups in total. The standard InChI is InChI=1S/C15H17NO/c17-14-9-2-1-7-12(14)13-8-3-5-11-6-4-10-16-15(11)13/h3-6,8,10,12,14,17H,1-2,7,9H2. The van der Waals surface area contributed by atoms with Crippen LogP contribution in [0, 0.1) is 0 Å². The van der Waals surface area contributed by atoms with Gasteiger partial charge < -0.3 is 5.11 Å². The molecule has 1 heterocycles. The first-order valence-corrected chi connectivity index (χ1v) is 6.38. The second-order valence-electron chi connectivity index (χ2n) is 4.88. The van der Waals surface area contributed by atoms with Crippen LogP contribution >= 0.6 is 0 Å². The van der Waals surface area contributed by atoms with Crippen LogP contribution in [0.2, 0.25) is 0 Å². The van der Waals surface area contributed by atoms with Crippen LogP contribution in [0.5, 0.6) is 0 Å². The molecule has 1 aromatic heterocycles. The second-order valence-corrected chi connectivity index (χ2v) is 4.88. The van der Waals surface area contributed by atoms with Crippen molar-refractivity contribution in [2.45, 2.75) is 37.7 Å². The maximum atomic E-state index is 10.2. The summed E-state index contributed by atoms with van der Waals surface area (Å²) in [6, 6.07) is 10.3. The molecule has 0 amide bonds. The van der Waals surface area contributed by atoms with E-state index in [0.29, 0.717) is 0 Å². The van der Waals surface area contributed by atoms with E-state index in [9.17, 15) is 5.11 Å². The number of para-hydroxylation sites is 1. The Labute approximate surface area is 101 Å². The first-order valence-electron chi connectivity index (χ1n) is 6.38. The summed E-state index contributed by atoms with van der Waals surface area (Å²) in [7, 11) is 0. The number of aromatic nitrogens is 1. The van der Waals surface area contributed by atoms with E-state index in [1.165, 1.54) is 17.4 Å². The molecule has 2 atom stereocenters. The highest BCUT2D eigenvalue weighted by Gasteiger charge is 2.26. The summed E-state index contributed by atoms with van der Waals surface area (Å²) in [5.74, 6) is 0.266. The minimum atomic E-state index is -0.198. The smallest absolute Gasteiger partial charge is 0.0737 e. The van der Waals surface area contributed by atoms with Crippen molar-refractivity contribution in [1.29, 1.82) is 0 Å². The topological polar surface area (TPSA) is 33.1 Å². The Balaban J connectivity index is 2.10. The number of pyridine rings is 1. The molecule has 88 valence electrons. The Morgan fingerprint density at radius 3 is 2.76 bits per heavy atom. The summed E-state index contributed by atoms with van der Waals surface area (Å²) >= 11 is 0. The summed E-state index contributed by atoms with van der Waals surface area (Å²) in [6.45, 7) is 0. The van der Waals surface area contributed by atoms with Crippen molar-refractivity contribution in [2.24, 2.45) is 0 Å². The largest absolute Gasteiger partial charge is 0.392 e. The Morgan fingerprint density at radius 2 is 1.88 bits per heavy atom. The van der Waals surface area contributed by atoms with Gasteiger partial charge in [0.05, 0.1) is 11.6 Å². The van der Waals surface area contributed by atoms with Crippen molar-refractivity contribution < 1.29 is 5.11 Å². The maximum Gasteiger partial charge on any atom is 0.0737 e. The zero-order chi connectivity index (χ0) is 11.7. The van der Waals surface area contributed by atoms with Gasteiger partial charge in [-0.25, -0.2) is 0 Å². The molecule has 0 saturated heterocycles. The molecule has 1 aliphatic carbocycles. The lowest BCUT2D eigenvalue weighted by Gasteiger charge is -2.28. The number of hydrogen-bond acceptors (Lipinski definition) is 2. The number of aliphatic hydroxyl groups excluding tert-OH is 1. The van der Waals surface area contributed by atoms with E-state index in [-0.39, 0.29) is 12.0 Å². The summed E-state index contributed by atoms with van der Waals surface area (Å²) < 4.78 is 0. The molecule has 0 spiro atoms. The Bertz CT molecular complexity index is 518. The van der Waals surface area contributed by atoms with Crippen molar-refractivity contribution in [2.75, 3.05) is 0 Å². The highest BCUT2D eigenvalue weighted by molar-refractivity contribution is 5.82. The molecular formula is C15H17NO. The molecule has 1 aromatic carbocycles. The van der Waals surface area contributed by atoms with E-state index < -0.39 is 0 Å². The summed E-state index contributed by atoms with van der Waals surface area (Å²) in [5.41, 5.74) is 2.27. The quantitative estimate of drug-likeness (QED) is 0.811. The molecule has 0 radical (unpaired) electrons. The van der Waals surface area contributed by atoms with Crippen LogP contribution in [0.15, 0.2) is 36.5 Å². The average Bonchev–Trinajstić information content (AvgIpc) is 2.39. The molecular weight excluding hydrogens is 210 g/mol. The van der Waals surface area contributed by atoms with E-state index in [2.05, 4.69) is 29.2 Å². The number of fused-ring (bicyclic) bond motifs is 1. The third-order valence-corrected chi connectivity index (χ3v) is 3.79. The van der Waals surface area contributed by atoms with Crippen molar-refractivity contribution in [3.05, 3.63) is 42.1 Å². The van der Waals surface area contributed by atoms with Gasteiger partial charge in [-0.05, 0) is 24.5 Å². The van der Waals surface area contributed by atoms with Crippen molar-refractivity contribution in [1.82, 2.24) is 4.98 Å². The van der Waals surface area contributed by atoms with E-state index >= 15 is 0 Å². The molecule has 0 aliphatic heterocycles. The normalized spacial score (nSPS) is 25.0. The van der Waals surface area contributed by atoms with Gasteiger partial charge in [-0.2, -0.15) is 0 Å². The van der Waals surface area contributed by atoms with Gasteiger partial charge >= 0.3 is 0 Å². The predicted molar refractivity (Wildman–Crippen MR) is 69.0 cm³/mol. The van der Waals surface area contributed by atoms with Crippen molar-refractivity contribution >= 4 is 10.9 Å². The number of nitrogens with zero attached hydrogens (tertiary/aromatic N) is 1. The number of benzene rings is 1. The summed E-state index contributed by atoms with van der Waals surface area (Å²) in [5, 5.41) is 11.3. The fraction of sp³-hybridized carbons (Fsp3) is 0.400. The lowest BCUT2D eigenvalue weighted by atomic mass is 9.81. The number of hydrogen-bond donors (Lipinski definition) is 1. The van der Waals surface area contributed by atoms with Crippen LogP contribution in [0.4, 0.5) is 0 Å². The van der Waals surface area contributed by atoms with Gasteiger partial charge in [0.2, 0.25) is 0 Å². The van der Waals surface area contributed by atoms with Crippen molar-refractivity contribution in [3.63, 3.8) is 0 Å². The van der Waals surface area contributed by atoms with E-state index in [4.69, 9.17) is 0 Å². The van der Waals surface area contributed by atoms with Gasteiger partial charge in [-0.15, -0.1) is 0 Å². The van der Waals surface area contributed by atoms with Gasteiger partial charge in [0.1, 0.15) is 0 Å². The Morgan fingerprint density at radius 1 is 1.06 bits per heavy atom. The van der Waals surface area contributed by atoms with Crippen LogP contribution in [0.1, 0.15) is 37.2 Å². The third-order valence-electron chi connectivity index (χ3n) is 3.79. The predicted octanol–water partition coefficient (Wildman–Crippen LogP) is 3.25. The van der Waals surface area contributed by atoms with E-state index in [0.717, 1.165) is 24.8 Å². The van der Waals surface area contributed by atoms with E-state index in [1.807, 2.05) is 12.3 Å². The van der Waals surface area contributed by atoms with Gasteiger partial charge in [0.15, 0.2) is 0 Å². The highest BCUT2D eigenvalue weighted by atomic mass is 16.3. The zero-order valence-electron chi connectivity index (χ0n) is 9.84. The van der Waals surface area contributed by atoms with Crippen LogP contribution in [-0.2, 0) is 0 Å². The molecule has 0 bridgehead atoms. The minimum absolute atomic E-state index is 0.198. The van der Waals surface area contributed by atoms with Gasteiger partial charge in [0, 0.05) is 17.5 Å². The van der Waals surface area contributed by atoms with Crippen LogP contribution in [-0.4, -0.2) is 16.2 Å². The fourth-order valence-electron chi connectivity index (χ4n) is 2.90. The van der Waals surface area contributed by atoms with Crippen LogP contribution in [0.3, 0.4) is 0 Å². The molecule has 1 saturated carbocycles. The monoisotopic (exact) mass is 227 g/mol. The molecule has 2 heteroatoms. The molecule has 1 fully saturated rings. The SMILES string of the molecule is OC1CCCCC1c1cccc2cccnc12. The Kier molecular flexibility index (Phi) is 2.81. The van der Waals surface area contributed by atoms with Crippen LogP contribution < -0.4 is 0 Å². The first kappa shape index (κ1) is 10.7. The fourth-order valence-corrected chi connectivity index (χ4v) is 2.90. The van der Waals surface area contributed by atoms with Gasteiger partial charge in [0.25, 0.3) is 0 Å². The second kappa shape index (κ2) is 4.46. The average molecular weight is 227 g/mol.